The second-order valence-electron chi connectivity index (χ2n) is 9.14. The van der Waals surface area contributed by atoms with Crippen molar-refractivity contribution < 1.29 is 31.9 Å². The summed E-state index contributed by atoms with van der Waals surface area (Å²) < 4.78 is 69.1. The minimum absolute atomic E-state index is 0.102. The number of rotatable bonds is 6. The first-order valence-electron chi connectivity index (χ1n) is 11.7. The van der Waals surface area contributed by atoms with Gasteiger partial charge in [0, 0.05) is 36.6 Å². The highest BCUT2D eigenvalue weighted by Crippen LogP contribution is 2.35. The Kier molecular flexibility index (Phi) is 6.57. The summed E-state index contributed by atoms with van der Waals surface area (Å²) in [6, 6.07) is 4.09. The van der Waals surface area contributed by atoms with Crippen LogP contribution < -0.4 is 5.32 Å². The van der Waals surface area contributed by atoms with Gasteiger partial charge in [0.15, 0.2) is 17.4 Å². The van der Waals surface area contributed by atoms with Crippen LogP contribution in [0, 0.1) is 23.4 Å². The van der Waals surface area contributed by atoms with E-state index in [0.717, 1.165) is 36.9 Å². The largest absolute Gasteiger partial charge is 0.503 e. The number of amides is 1. The standard InChI is InChI=1S/C25H22F5N5O2/c26-18-8-17(21(27)22(28)23(18)36)24(37)31-9-13-1-3-14(4-2-13)19-12-34-6-5-15(7-20(34)33-19)16-10-32-35(11-16)25(29)30/h5-8,10-14,25,36H,1-4,9H2,(H,31,37). The molecule has 12 heteroatoms. The third-order valence-electron chi connectivity index (χ3n) is 6.81. The lowest BCUT2D eigenvalue weighted by atomic mass is 9.80. The van der Waals surface area contributed by atoms with Crippen molar-refractivity contribution in [2.24, 2.45) is 5.92 Å². The molecule has 3 aromatic heterocycles. The summed E-state index contributed by atoms with van der Waals surface area (Å²) in [7, 11) is 0. The molecule has 0 unspecified atom stereocenters. The molecule has 0 atom stereocenters. The van der Waals surface area contributed by atoms with Crippen LogP contribution in [0.15, 0.2) is 43.0 Å². The van der Waals surface area contributed by atoms with Crippen molar-refractivity contribution in [3.63, 3.8) is 0 Å². The number of carbonyl (C=O) groups excluding carboxylic acids is 1. The Morgan fingerprint density at radius 2 is 1.84 bits per heavy atom. The van der Waals surface area contributed by atoms with Crippen molar-refractivity contribution in [3.05, 3.63) is 71.7 Å². The molecule has 0 spiro atoms. The predicted molar refractivity (Wildman–Crippen MR) is 123 cm³/mol. The molecule has 4 aromatic rings. The zero-order valence-electron chi connectivity index (χ0n) is 19.3. The molecule has 5 rings (SSSR count). The van der Waals surface area contributed by atoms with E-state index in [4.69, 9.17) is 10.1 Å². The van der Waals surface area contributed by atoms with Crippen LogP contribution >= 0.6 is 0 Å². The number of phenolic OH excluding ortho intramolecular Hbond substituents is 1. The van der Waals surface area contributed by atoms with E-state index in [1.165, 1.54) is 12.4 Å². The smallest absolute Gasteiger partial charge is 0.333 e. The number of hydrogen-bond acceptors (Lipinski definition) is 4. The maximum Gasteiger partial charge on any atom is 0.333 e. The summed E-state index contributed by atoms with van der Waals surface area (Å²) in [6.07, 6.45) is 9.54. The lowest BCUT2D eigenvalue weighted by Gasteiger charge is -2.27. The second kappa shape index (κ2) is 9.83. The molecule has 0 bridgehead atoms. The summed E-state index contributed by atoms with van der Waals surface area (Å²) in [5, 5.41) is 15.3. The normalized spacial score (nSPS) is 18.0. The highest BCUT2D eigenvalue weighted by atomic mass is 19.3. The minimum Gasteiger partial charge on any atom is -0.503 e. The summed E-state index contributed by atoms with van der Waals surface area (Å²) in [5.41, 5.74) is 2.07. The molecule has 1 saturated carbocycles. The van der Waals surface area contributed by atoms with Crippen LogP contribution in [0.4, 0.5) is 22.0 Å². The average Bonchev–Trinajstić information content (AvgIpc) is 3.56. The molecule has 194 valence electrons. The van der Waals surface area contributed by atoms with Gasteiger partial charge in [0.1, 0.15) is 5.65 Å². The molecule has 1 aromatic carbocycles. The Labute approximate surface area is 207 Å². The number of aromatic hydroxyl groups is 1. The molecular formula is C25H22F5N5O2. The number of alkyl halides is 2. The van der Waals surface area contributed by atoms with E-state index < -0.39 is 41.2 Å². The van der Waals surface area contributed by atoms with Crippen LogP contribution in [0.25, 0.3) is 16.8 Å². The molecule has 3 heterocycles. The first-order chi connectivity index (χ1) is 17.7. The van der Waals surface area contributed by atoms with Gasteiger partial charge in [-0.15, -0.1) is 0 Å². The van der Waals surface area contributed by atoms with E-state index >= 15 is 0 Å². The summed E-state index contributed by atoms with van der Waals surface area (Å²) in [5.74, 6) is -6.93. The van der Waals surface area contributed by atoms with E-state index in [1.54, 1.807) is 6.07 Å². The first-order valence-corrected chi connectivity index (χ1v) is 11.7. The van der Waals surface area contributed by atoms with Gasteiger partial charge >= 0.3 is 6.55 Å². The zero-order valence-corrected chi connectivity index (χ0v) is 19.3. The molecule has 1 aliphatic carbocycles. The van der Waals surface area contributed by atoms with Gasteiger partial charge < -0.3 is 14.8 Å². The van der Waals surface area contributed by atoms with Gasteiger partial charge in [0.2, 0.25) is 5.82 Å². The van der Waals surface area contributed by atoms with E-state index in [0.29, 0.717) is 22.0 Å². The third kappa shape index (κ3) is 4.87. The maximum atomic E-state index is 13.9. The van der Waals surface area contributed by atoms with Crippen LogP contribution in [0.1, 0.15) is 54.2 Å². The molecule has 2 N–H and O–H groups in total. The quantitative estimate of drug-likeness (QED) is 0.263. The Morgan fingerprint density at radius 3 is 2.54 bits per heavy atom. The number of fused-ring (bicyclic) bond motifs is 1. The van der Waals surface area contributed by atoms with Crippen molar-refractivity contribution in [2.45, 2.75) is 38.2 Å². The number of hydrogen-bond donors (Lipinski definition) is 2. The van der Waals surface area contributed by atoms with Crippen molar-refractivity contribution in [2.75, 3.05) is 6.54 Å². The van der Waals surface area contributed by atoms with Crippen molar-refractivity contribution in [1.29, 1.82) is 0 Å². The summed E-state index contributed by atoms with van der Waals surface area (Å²) in [6.45, 7) is -2.49. The molecule has 37 heavy (non-hydrogen) atoms. The fraction of sp³-hybridized carbons (Fsp3) is 0.320. The topological polar surface area (TPSA) is 84.5 Å². The molecule has 1 aliphatic rings. The van der Waals surface area contributed by atoms with Crippen LogP contribution in [-0.4, -0.2) is 36.7 Å². The lowest BCUT2D eigenvalue weighted by Crippen LogP contribution is -2.32. The molecular weight excluding hydrogens is 497 g/mol. The van der Waals surface area contributed by atoms with Crippen LogP contribution in [0.5, 0.6) is 5.75 Å². The van der Waals surface area contributed by atoms with Gasteiger partial charge in [-0.25, -0.2) is 18.4 Å². The molecule has 0 saturated heterocycles. The van der Waals surface area contributed by atoms with E-state index in [-0.39, 0.29) is 18.4 Å². The van der Waals surface area contributed by atoms with Gasteiger partial charge in [-0.2, -0.15) is 18.3 Å². The highest BCUT2D eigenvalue weighted by Gasteiger charge is 2.26. The van der Waals surface area contributed by atoms with E-state index in [9.17, 15) is 26.7 Å². The number of benzene rings is 1. The van der Waals surface area contributed by atoms with E-state index in [2.05, 4.69) is 10.4 Å². The monoisotopic (exact) mass is 519 g/mol. The second-order valence-corrected chi connectivity index (χ2v) is 9.14. The lowest BCUT2D eigenvalue weighted by molar-refractivity contribution is 0.0566. The van der Waals surface area contributed by atoms with Crippen LogP contribution in [-0.2, 0) is 0 Å². The number of nitrogens with zero attached hydrogens (tertiary/aromatic N) is 4. The van der Waals surface area contributed by atoms with E-state index in [1.807, 2.05) is 22.9 Å². The third-order valence-corrected chi connectivity index (χ3v) is 6.81. The maximum absolute atomic E-state index is 13.9. The fourth-order valence-corrected chi connectivity index (χ4v) is 4.72. The first kappa shape index (κ1) is 24.7. The van der Waals surface area contributed by atoms with Crippen molar-refractivity contribution >= 4 is 11.6 Å². The number of aromatic nitrogens is 4. The number of phenols is 1. The van der Waals surface area contributed by atoms with Crippen LogP contribution in [0.2, 0.25) is 0 Å². The number of pyridine rings is 1. The zero-order chi connectivity index (χ0) is 26.3. The summed E-state index contributed by atoms with van der Waals surface area (Å²) in [4.78, 5) is 17.0. The average molecular weight is 519 g/mol. The molecule has 1 amide bonds. The molecule has 7 nitrogen and oxygen atoms in total. The Balaban J connectivity index is 1.19. The number of carbonyl (C=O) groups is 1. The molecule has 0 radical (unpaired) electrons. The highest BCUT2D eigenvalue weighted by molar-refractivity contribution is 5.94. The van der Waals surface area contributed by atoms with Gasteiger partial charge in [-0.3, -0.25) is 4.79 Å². The number of imidazole rings is 1. The van der Waals surface area contributed by atoms with Crippen LogP contribution in [0.3, 0.4) is 0 Å². The Morgan fingerprint density at radius 1 is 1.08 bits per heavy atom. The SMILES string of the molecule is O=C(NCC1CCC(c2cn3ccc(-c4cnn(C(F)F)c4)cc3n2)CC1)c1cc(F)c(O)c(F)c1F. The minimum atomic E-state index is -2.71. The Bertz CT molecular complexity index is 1460. The van der Waals surface area contributed by atoms with Gasteiger partial charge in [0.25, 0.3) is 5.91 Å². The number of halogens is 5. The fourth-order valence-electron chi connectivity index (χ4n) is 4.72. The van der Waals surface area contributed by atoms with Crippen molar-refractivity contribution in [3.8, 4) is 16.9 Å². The molecule has 0 aliphatic heterocycles. The summed E-state index contributed by atoms with van der Waals surface area (Å²) >= 11 is 0. The predicted octanol–water partition coefficient (Wildman–Crippen LogP) is 5.42. The molecule has 1 fully saturated rings. The van der Waals surface area contributed by atoms with Gasteiger partial charge in [0.05, 0.1) is 17.5 Å². The number of nitrogens with one attached hydrogen (secondary N) is 1. The van der Waals surface area contributed by atoms with Gasteiger partial charge in [-0.05, 0) is 55.4 Å². The Hall–Kier alpha value is -3.96. The van der Waals surface area contributed by atoms with Gasteiger partial charge in [-0.1, -0.05) is 0 Å². The van der Waals surface area contributed by atoms with Crippen molar-refractivity contribution in [1.82, 2.24) is 24.5 Å².